The fourth-order valence-corrected chi connectivity index (χ4v) is 5.58. The van der Waals surface area contributed by atoms with Gasteiger partial charge in [0.2, 0.25) is 5.91 Å². The highest BCUT2D eigenvalue weighted by Gasteiger charge is 2.40. The third kappa shape index (κ3) is 4.32. The van der Waals surface area contributed by atoms with Crippen molar-refractivity contribution in [2.75, 3.05) is 19.6 Å². The number of piperidine rings is 1. The molecule has 2 aliphatic heterocycles. The van der Waals surface area contributed by atoms with Crippen LogP contribution in [0.1, 0.15) is 69.4 Å². The number of rotatable bonds is 4. The molecule has 0 aromatic heterocycles. The topological polar surface area (TPSA) is 40.6 Å². The van der Waals surface area contributed by atoms with E-state index in [2.05, 4.69) is 29.2 Å². The lowest BCUT2D eigenvalue weighted by atomic mass is 9.66. The van der Waals surface area contributed by atoms with Crippen LogP contribution in [0.5, 0.6) is 0 Å². The van der Waals surface area contributed by atoms with Gasteiger partial charge in [0.15, 0.2) is 0 Å². The zero-order chi connectivity index (χ0) is 19.6. The van der Waals surface area contributed by atoms with E-state index in [-0.39, 0.29) is 11.7 Å². The maximum absolute atomic E-state index is 12.3. The van der Waals surface area contributed by atoms with Gasteiger partial charge in [-0.25, -0.2) is 0 Å². The smallest absolute Gasteiger partial charge is 0.223 e. The van der Waals surface area contributed by atoms with Crippen LogP contribution in [0.25, 0.3) is 0 Å². The van der Waals surface area contributed by atoms with Crippen LogP contribution in [-0.2, 0) is 22.6 Å². The molecule has 2 heterocycles. The number of benzene rings is 1. The van der Waals surface area contributed by atoms with Crippen molar-refractivity contribution in [2.24, 2.45) is 5.41 Å². The first kappa shape index (κ1) is 19.6. The van der Waals surface area contributed by atoms with Crippen molar-refractivity contribution in [1.82, 2.24) is 9.80 Å². The van der Waals surface area contributed by atoms with Crippen LogP contribution >= 0.6 is 0 Å². The zero-order valence-corrected chi connectivity index (χ0v) is 17.3. The molecule has 4 nitrogen and oxygen atoms in total. The monoisotopic (exact) mass is 382 g/mol. The Labute approximate surface area is 169 Å². The van der Waals surface area contributed by atoms with Gasteiger partial charge < -0.3 is 9.69 Å². The van der Waals surface area contributed by atoms with E-state index in [1.54, 1.807) is 6.92 Å². The molecule has 1 saturated heterocycles. The number of nitrogens with zero attached hydrogens (tertiary/aromatic N) is 2. The Kier molecular flexibility index (Phi) is 5.86. The lowest BCUT2D eigenvalue weighted by Gasteiger charge is -2.48. The summed E-state index contributed by atoms with van der Waals surface area (Å²) in [6.07, 6.45) is 9.50. The predicted octanol–water partition coefficient (Wildman–Crippen LogP) is 3.97. The second-order valence-electron chi connectivity index (χ2n) is 9.30. The second kappa shape index (κ2) is 8.36. The molecule has 4 heteroatoms. The molecular formula is C24H34N2O2. The van der Waals surface area contributed by atoms with Crippen molar-refractivity contribution in [2.45, 2.75) is 77.3 Å². The van der Waals surface area contributed by atoms with Gasteiger partial charge in [0, 0.05) is 45.1 Å². The standard InChI is InChI=1S/C24H34N2O2/c1-19(27)6-7-23(28)25-16-13-24(14-17-25)11-8-22(9-12-24)26-15-10-20-4-2-3-5-21(20)18-26/h2-5,22H,6-18H2,1H3. The number of fused-ring (bicyclic) bond motifs is 1. The van der Waals surface area contributed by atoms with Gasteiger partial charge in [0.05, 0.1) is 0 Å². The van der Waals surface area contributed by atoms with Gasteiger partial charge in [0.1, 0.15) is 5.78 Å². The molecule has 1 saturated carbocycles. The van der Waals surface area contributed by atoms with Gasteiger partial charge in [-0.05, 0) is 68.4 Å². The number of hydrogen-bond donors (Lipinski definition) is 0. The van der Waals surface area contributed by atoms with Gasteiger partial charge in [-0.1, -0.05) is 24.3 Å². The van der Waals surface area contributed by atoms with E-state index in [9.17, 15) is 9.59 Å². The van der Waals surface area contributed by atoms with E-state index in [0.717, 1.165) is 38.5 Å². The molecule has 1 amide bonds. The van der Waals surface area contributed by atoms with Crippen molar-refractivity contribution in [1.29, 1.82) is 0 Å². The van der Waals surface area contributed by atoms with Crippen LogP contribution in [-0.4, -0.2) is 47.2 Å². The summed E-state index contributed by atoms with van der Waals surface area (Å²) >= 11 is 0. The largest absolute Gasteiger partial charge is 0.343 e. The maximum atomic E-state index is 12.3. The summed E-state index contributed by atoms with van der Waals surface area (Å²) in [4.78, 5) is 28.1. The third-order valence-electron chi connectivity index (χ3n) is 7.56. The second-order valence-corrected chi connectivity index (χ2v) is 9.30. The summed E-state index contributed by atoms with van der Waals surface area (Å²) in [7, 11) is 0. The summed E-state index contributed by atoms with van der Waals surface area (Å²) in [5, 5.41) is 0. The molecule has 4 rings (SSSR count). The number of Topliss-reactive ketones (excluding diaryl/α,β-unsaturated/α-hetero) is 1. The molecular weight excluding hydrogens is 348 g/mol. The number of carbonyl (C=O) groups is 2. The highest BCUT2D eigenvalue weighted by molar-refractivity contribution is 5.83. The molecule has 1 aromatic carbocycles. The van der Waals surface area contributed by atoms with E-state index in [1.165, 1.54) is 49.8 Å². The van der Waals surface area contributed by atoms with Crippen molar-refractivity contribution in [3.63, 3.8) is 0 Å². The lowest BCUT2D eigenvalue weighted by molar-refractivity contribution is -0.135. The Morgan fingerprint density at radius 3 is 2.32 bits per heavy atom. The van der Waals surface area contributed by atoms with Crippen LogP contribution < -0.4 is 0 Å². The highest BCUT2D eigenvalue weighted by Crippen LogP contribution is 2.46. The van der Waals surface area contributed by atoms with Crippen molar-refractivity contribution in [3.8, 4) is 0 Å². The number of hydrogen-bond acceptors (Lipinski definition) is 3. The summed E-state index contributed by atoms with van der Waals surface area (Å²) < 4.78 is 0. The summed E-state index contributed by atoms with van der Waals surface area (Å²) in [5.74, 6) is 0.284. The van der Waals surface area contributed by atoms with Gasteiger partial charge in [-0.15, -0.1) is 0 Å². The Balaban J connectivity index is 1.26. The molecule has 1 aliphatic carbocycles. The highest BCUT2D eigenvalue weighted by atomic mass is 16.2. The number of ketones is 1. The Morgan fingerprint density at radius 1 is 0.964 bits per heavy atom. The molecule has 0 bridgehead atoms. The van der Waals surface area contributed by atoms with Gasteiger partial charge in [-0.3, -0.25) is 9.69 Å². The molecule has 1 aromatic rings. The maximum Gasteiger partial charge on any atom is 0.223 e. The van der Waals surface area contributed by atoms with E-state index < -0.39 is 0 Å². The minimum atomic E-state index is 0.112. The summed E-state index contributed by atoms with van der Waals surface area (Å²) in [5.41, 5.74) is 3.51. The van der Waals surface area contributed by atoms with Crippen LogP contribution in [0.2, 0.25) is 0 Å². The van der Waals surface area contributed by atoms with Crippen molar-refractivity contribution < 1.29 is 9.59 Å². The van der Waals surface area contributed by atoms with E-state index >= 15 is 0 Å². The van der Waals surface area contributed by atoms with Gasteiger partial charge >= 0.3 is 0 Å². The predicted molar refractivity (Wildman–Crippen MR) is 111 cm³/mol. The van der Waals surface area contributed by atoms with Crippen molar-refractivity contribution in [3.05, 3.63) is 35.4 Å². The lowest BCUT2D eigenvalue weighted by Crippen LogP contribution is -2.48. The Morgan fingerprint density at radius 2 is 1.64 bits per heavy atom. The SMILES string of the molecule is CC(=O)CCC(=O)N1CCC2(CCC(N3CCc4ccccc4C3)CC2)CC1. The minimum Gasteiger partial charge on any atom is -0.343 e. The Hall–Kier alpha value is -1.68. The number of likely N-dealkylation sites (tertiary alicyclic amines) is 1. The van der Waals surface area contributed by atoms with Gasteiger partial charge in [0.25, 0.3) is 0 Å². The number of carbonyl (C=O) groups excluding carboxylic acids is 2. The van der Waals surface area contributed by atoms with Crippen LogP contribution in [0.4, 0.5) is 0 Å². The molecule has 1 spiro atoms. The average molecular weight is 383 g/mol. The number of amides is 1. The average Bonchev–Trinajstić information content (AvgIpc) is 2.73. The molecule has 152 valence electrons. The van der Waals surface area contributed by atoms with Crippen LogP contribution in [0.15, 0.2) is 24.3 Å². The first-order chi connectivity index (χ1) is 13.5. The van der Waals surface area contributed by atoms with E-state index in [1.807, 2.05) is 4.90 Å². The quantitative estimate of drug-likeness (QED) is 0.791. The molecule has 2 fully saturated rings. The fourth-order valence-electron chi connectivity index (χ4n) is 5.58. The molecule has 28 heavy (non-hydrogen) atoms. The molecule has 3 aliphatic rings. The Bertz CT molecular complexity index is 711. The normalized spacial score (nSPS) is 22.8. The molecule has 0 radical (unpaired) electrons. The first-order valence-electron chi connectivity index (χ1n) is 11.1. The molecule has 0 unspecified atom stereocenters. The summed E-state index contributed by atoms with van der Waals surface area (Å²) in [6.45, 7) is 5.66. The minimum absolute atomic E-state index is 0.112. The molecule has 0 atom stereocenters. The molecule has 0 N–H and O–H groups in total. The van der Waals surface area contributed by atoms with Crippen LogP contribution in [0, 0.1) is 5.41 Å². The van der Waals surface area contributed by atoms with Gasteiger partial charge in [-0.2, -0.15) is 0 Å². The van der Waals surface area contributed by atoms with Crippen molar-refractivity contribution >= 4 is 11.7 Å². The van der Waals surface area contributed by atoms with E-state index in [4.69, 9.17) is 0 Å². The van der Waals surface area contributed by atoms with E-state index in [0.29, 0.717) is 18.3 Å². The zero-order valence-electron chi connectivity index (χ0n) is 17.3. The third-order valence-corrected chi connectivity index (χ3v) is 7.56. The fraction of sp³-hybridized carbons (Fsp3) is 0.667. The summed E-state index contributed by atoms with van der Waals surface area (Å²) in [6, 6.07) is 9.65. The van der Waals surface area contributed by atoms with Crippen LogP contribution in [0.3, 0.4) is 0 Å². The first-order valence-corrected chi connectivity index (χ1v) is 11.1.